The second kappa shape index (κ2) is 32.8. The van der Waals surface area contributed by atoms with Crippen LogP contribution in [0.4, 0.5) is 21.8 Å². The molecule has 0 atom stereocenters. The maximum absolute atomic E-state index is 14.5. The van der Waals surface area contributed by atoms with Gasteiger partial charge in [0.05, 0.1) is 78.4 Å². The zero-order valence-electron chi connectivity index (χ0n) is 64.5. The maximum atomic E-state index is 14.5. The van der Waals surface area contributed by atoms with Gasteiger partial charge in [0.25, 0.3) is 10.0 Å². The van der Waals surface area contributed by atoms with E-state index in [1.54, 1.807) is 33.8 Å². The Labute approximate surface area is 637 Å². The first-order chi connectivity index (χ1) is 52.0. The standard InChI is InChI=1S/C28H37FN6O2.C27H36N6O3.C26H34N6O3S/c1-18-5-6-20(14-30-18)28(37)11-9-22(10-12-28)35-16-21(17-35)32-25(36)15-31-26-23-13-19(27(2,3)29)7-8-24(23)34(4)33-26;1-4-36-22-7-8-24-23(13-22)26(31-32(24)3)29-15-25(34)30-20-16-33(17-20)21-9-11-27(35,12-10-21)19-6-5-18(2)28-14-19;1-17-4-11-24-23(12-17)26(30-32(24)36(3,34)35)28-14-25(33)29-21-15-31(16-21)22-9-7-19(8-10-22)20-6-5-18(2)27-13-20/h5-8,13-14,21-22,37H,9-12,15-17H2,1-4H3,(H,31,33)(H,32,36);5-8,13-14,20-21,35H,4,9-12,15-17H2,1-3H3,(H,29,31)(H,30,34);4-6,11-13,19,21-22H,7-10,14-16H2,1-3H3,(H,28,30)(H,29,33). The molecule has 28 heteroatoms. The first-order valence-corrected chi connectivity index (χ1v) is 40.4. The van der Waals surface area contributed by atoms with Gasteiger partial charge >= 0.3 is 0 Å². The molecule has 0 radical (unpaired) electrons. The Morgan fingerprint density at radius 2 is 0.945 bits per heavy atom. The van der Waals surface area contributed by atoms with E-state index in [1.165, 1.54) is 45.1 Å². The third-order valence-electron chi connectivity index (χ3n) is 23.0. The third-order valence-corrected chi connectivity index (χ3v) is 23.9. The lowest BCUT2D eigenvalue weighted by atomic mass is 9.77. The molecule has 3 amide bonds. The van der Waals surface area contributed by atoms with Crippen molar-refractivity contribution in [1.82, 2.24) is 74.3 Å². The Bertz CT molecular complexity index is 4790. The van der Waals surface area contributed by atoms with Crippen LogP contribution in [0.2, 0.25) is 0 Å². The predicted molar refractivity (Wildman–Crippen MR) is 422 cm³/mol. The highest BCUT2D eigenvalue weighted by Crippen LogP contribution is 2.42. The van der Waals surface area contributed by atoms with E-state index < -0.39 is 26.9 Å². The minimum Gasteiger partial charge on any atom is -0.494 e. The van der Waals surface area contributed by atoms with E-state index in [-0.39, 0.29) is 55.5 Å². The normalized spacial score (nSPS) is 22.4. The third kappa shape index (κ3) is 18.5. The fourth-order valence-corrected chi connectivity index (χ4v) is 17.2. The molecule has 109 heavy (non-hydrogen) atoms. The summed E-state index contributed by atoms with van der Waals surface area (Å²) >= 11 is 0. The van der Waals surface area contributed by atoms with Crippen molar-refractivity contribution in [3.63, 3.8) is 0 Å². The minimum absolute atomic E-state index is 0.0377. The molecule has 3 saturated heterocycles. The molecule has 26 nitrogen and oxygen atoms in total. The highest BCUT2D eigenvalue weighted by Gasteiger charge is 2.43. The quantitative estimate of drug-likeness (QED) is 0.0314. The Morgan fingerprint density at radius 3 is 1.37 bits per heavy atom. The first-order valence-electron chi connectivity index (χ1n) is 38.5. The lowest BCUT2D eigenvalue weighted by Crippen LogP contribution is -2.63. The smallest absolute Gasteiger partial charge is 0.251 e. The number of nitrogens with zero attached hydrogens (tertiary/aromatic N) is 12. The van der Waals surface area contributed by atoms with Crippen molar-refractivity contribution in [2.45, 2.75) is 185 Å². The molecule has 8 N–H and O–H groups in total. The molecule has 9 heterocycles. The van der Waals surface area contributed by atoms with Crippen LogP contribution >= 0.6 is 0 Å². The molecule has 9 aromatic rings. The Kier molecular flexibility index (Phi) is 23.4. The number of aromatic nitrogens is 9. The van der Waals surface area contributed by atoms with Crippen molar-refractivity contribution in [2.24, 2.45) is 14.1 Å². The average Bonchev–Trinajstić information content (AvgIpc) is 1.61. The van der Waals surface area contributed by atoms with Gasteiger partial charge in [0.2, 0.25) is 17.7 Å². The highest BCUT2D eigenvalue weighted by molar-refractivity contribution is 7.89. The van der Waals surface area contributed by atoms with Crippen LogP contribution in [-0.2, 0) is 55.4 Å². The number of fused-ring (bicyclic) bond motifs is 3. The summed E-state index contributed by atoms with van der Waals surface area (Å²) < 4.78 is 48.9. The monoisotopic (exact) mass is 1510 g/mol. The van der Waals surface area contributed by atoms with Gasteiger partial charge in [-0.05, 0) is 203 Å². The molecule has 582 valence electrons. The number of halogens is 1. The summed E-state index contributed by atoms with van der Waals surface area (Å²) in [5.74, 6) is 2.79. The fourth-order valence-electron chi connectivity index (χ4n) is 16.5. The number of benzene rings is 3. The van der Waals surface area contributed by atoms with Crippen molar-refractivity contribution in [3.8, 4) is 5.75 Å². The molecule has 0 bridgehead atoms. The van der Waals surface area contributed by atoms with Crippen LogP contribution in [0.15, 0.2) is 110 Å². The van der Waals surface area contributed by atoms with E-state index >= 15 is 0 Å². The van der Waals surface area contributed by atoms with Crippen molar-refractivity contribution < 1.29 is 42.1 Å². The van der Waals surface area contributed by atoms with Gasteiger partial charge in [-0.3, -0.25) is 53.4 Å². The van der Waals surface area contributed by atoms with Crippen LogP contribution in [0.25, 0.3) is 32.7 Å². The summed E-state index contributed by atoms with van der Waals surface area (Å²) in [4.78, 5) is 58.2. The molecule has 3 aliphatic carbocycles. The van der Waals surface area contributed by atoms with Crippen molar-refractivity contribution in [1.29, 1.82) is 0 Å². The van der Waals surface area contributed by atoms with Gasteiger partial charge in [-0.25, -0.2) is 12.8 Å². The van der Waals surface area contributed by atoms with Crippen LogP contribution in [0, 0.1) is 27.7 Å². The summed E-state index contributed by atoms with van der Waals surface area (Å²) in [5, 5.41) is 56.5. The van der Waals surface area contributed by atoms with E-state index in [2.05, 4.69) is 89.0 Å². The molecule has 3 saturated carbocycles. The number of pyridine rings is 3. The summed E-state index contributed by atoms with van der Waals surface area (Å²) in [7, 11) is 0.168. The van der Waals surface area contributed by atoms with Crippen molar-refractivity contribution in [2.75, 3.05) is 87.7 Å². The zero-order valence-corrected chi connectivity index (χ0v) is 65.3. The molecular weight excluding hydrogens is 1400 g/mol. The Hall–Kier alpha value is -9.19. The van der Waals surface area contributed by atoms with Crippen LogP contribution in [-0.4, -0.2) is 203 Å². The van der Waals surface area contributed by atoms with E-state index in [0.29, 0.717) is 64.6 Å². The number of amides is 3. The number of likely N-dealkylation sites (tertiary alicyclic amines) is 3. The highest BCUT2D eigenvalue weighted by atomic mass is 32.2. The predicted octanol–water partition coefficient (Wildman–Crippen LogP) is 9.04. The number of rotatable bonds is 22. The van der Waals surface area contributed by atoms with Gasteiger partial charge in [0, 0.05) is 134 Å². The summed E-state index contributed by atoms with van der Waals surface area (Å²) in [6, 6.07) is 30.8. The second-order valence-electron chi connectivity index (χ2n) is 31.6. The van der Waals surface area contributed by atoms with E-state index in [1.807, 2.05) is 122 Å². The first kappa shape index (κ1) is 77.9. The number of aryl methyl sites for hydroxylation is 6. The fraction of sp³-hybridized carbons (Fsp3) is 0.519. The molecule has 0 unspecified atom stereocenters. The SMILES string of the molecule is CCOc1ccc2c(c1)c(NCC(=O)NC1CN(C3CCC(O)(c4ccc(C)nc4)CC3)C1)nn2C.Cc1ccc(C2(O)CCC(N3CC(NC(=O)CNc4nn(C)c5ccc(C(C)(C)F)cc45)C3)CC2)cn1.Cc1ccc2c(c1)c(NCC(=O)NC1CN(C3CCC(c4ccc(C)nc4)CC3)C1)nn2S(C)(=O)=O. The molecule has 15 rings (SSSR count). The number of alkyl halides is 1. The van der Waals surface area contributed by atoms with Gasteiger partial charge in [0.1, 0.15) is 11.4 Å². The lowest BCUT2D eigenvalue weighted by molar-refractivity contribution is -0.122. The number of nitrogens with one attached hydrogen (secondary N) is 6. The molecule has 3 aliphatic heterocycles. The number of carbonyl (C=O) groups excluding carboxylic acids is 3. The molecule has 6 aliphatic rings. The molecule has 6 aromatic heterocycles. The van der Waals surface area contributed by atoms with E-state index in [9.17, 15) is 37.4 Å². The molecular formula is C81H107FN18O8S. The van der Waals surface area contributed by atoms with Crippen LogP contribution < -0.4 is 36.6 Å². The molecule has 3 aromatic carbocycles. The number of ether oxygens (including phenoxy) is 1. The van der Waals surface area contributed by atoms with Crippen LogP contribution in [0.5, 0.6) is 5.75 Å². The summed E-state index contributed by atoms with van der Waals surface area (Å²) in [6.45, 7) is 18.9. The topological polar surface area (TPSA) is 309 Å². The average molecular weight is 1510 g/mol. The molecule has 0 spiro atoms. The number of carbonyl (C=O) groups is 3. The number of hydrogen-bond acceptors (Lipinski definition) is 20. The van der Waals surface area contributed by atoms with Crippen LogP contribution in [0.1, 0.15) is 149 Å². The van der Waals surface area contributed by atoms with Crippen molar-refractivity contribution in [3.05, 3.63) is 154 Å². The van der Waals surface area contributed by atoms with Gasteiger partial charge < -0.3 is 46.9 Å². The minimum atomic E-state index is -3.56. The van der Waals surface area contributed by atoms with E-state index in [0.717, 1.165) is 162 Å². The van der Waals surface area contributed by atoms with Gasteiger partial charge in [0.15, 0.2) is 17.5 Å². The number of anilines is 3. The van der Waals surface area contributed by atoms with Crippen LogP contribution in [0.3, 0.4) is 0 Å². The van der Waals surface area contributed by atoms with Gasteiger partial charge in [-0.2, -0.15) is 14.3 Å². The lowest BCUT2D eigenvalue weighted by Gasteiger charge is -2.48. The number of hydrogen-bond donors (Lipinski definition) is 8. The zero-order chi connectivity index (χ0) is 77.1. The van der Waals surface area contributed by atoms with Gasteiger partial charge in [-0.1, -0.05) is 35.9 Å². The summed E-state index contributed by atoms with van der Waals surface area (Å²) in [5.41, 5.74) is 7.04. The maximum Gasteiger partial charge on any atom is 0.251 e. The van der Waals surface area contributed by atoms with Crippen molar-refractivity contribution >= 4 is 77.9 Å². The second-order valence-corrected chi connectivity index (χ2v) is 33.4. The Balaban J connectivity index is 0.000000144. The summed E-state index contributed by atoms with van der Waals surface area (Å²) in [6.07, 6.45) is 18.1. The largest absolute Gasteiger partial charge is 0.494 e. The Morgan fingerprint density at radius 1 is 0.532 bits per heavy atom. The van der Waals surface area contributed by atoms with E-state index in [4.69, 9.17) is 4.74 Å². The van der Waals surface area contributed by atoms with Gasteiger partial charge in [-0.15, -0.1) is 5.10 Å². The number of aliphatic hydroxyl groups is 2. The molecule has 6 fully saturated rings.